The first-order valence-corrected chi connectivity index (χ1v) is 5.94. The minimum atomic E-state index is 0.294. The lowest BCUT2D eigenvalue weighted by Crippen LogP contribution is -2.22. The molecule has 1 rings (SSSR count). The largest absolute Gasteiger partial charge is 0.381 e. The second-order valence-electron chi connectivity index (χ2n) is 3.68. The van der Waals surface area contributed by atoms with Gasteiger partial charge in [0, 0.05) is 37.2 Å². The van der Waals surface area contributed by atoms with E-state index in [1.165, 1.54) is 0 Å². The van der Waals surface area contributed by atoms with E-state index in [9.17, 15) is 0 Å². The molecule has 1 N–H and O–H groups in total. The Kier molecular flexibility index (Phi) is 6.69. The van der Waals surface area contributed by atoms with Gasteiger partial charge in [-0.25, -0.2) is 9.97 Å². The van der Waals surface area contributed by atoms with Crippen molar-refractivity contribution in [1.82, 2.24) is 15.3 Å². The van der Waals surface area contributed by atoms with E-state index in [4.69, 9.17) is 4.74 Å². The van der Waals surface area contributed by atoms with Crippen molar-refractivity contribution in [3.63, 3.8) is 0 Å². The lowest BCUT2D eigenvalue weighted by Gasteiger charge is -2.17. The first kappa shape index (κ1) is 13.1. The van der Waals surface area contributed by atoms with Gasteiger partial charge in [0.1, 0.15) is 6.33 Å². The molecule has 90 valence electrons. The third-order valence-corrected chi connectivity index (χ3v) is 2.33. The zero-order valence-corrected chi connectivity index (χ0v) is 10.1. The average Bonchev–Trinajstić information content (AvgIpc) is 2.34. The molecule has 0 aliphatic rings. The predicted octanol–water partition coefficient (Wildman–Crippen LogP) is 1.94. The summed E-state index contributed by atoms with van der Waals surface area (Å²) < 4.78 is 5.50. The van der Waals surface area contributed by atoms with Crippen LogP contribution in [0.15, 0.2) is 18.7 Å². The van der Waals surface area contributed by atoms with Crippen LogP contribution in [0.2, 0.25) is 0 Å². The lowest BCUT2D eigenvalue weighted by molar-refractivity contribution is 0.124. The van der Waals surface area contributed by atoms with Crippen molar-refractivity contribution >= 4 is 0 Å². The van der Waals surface area contributed by atoms with Gasteiger partial charge in [-0.1, -0.05) is 13.8 Å². The minimum Gasteiger partial charge on any atom is -0.381 e. The number of nitrogens with zero attached hydrogens (tertiary/aromatic N) is 2. The molecule has 0 aliphatic carbocycles. The molecule has 0 aromatic carbocycles. The van der Waals surface area contributed by atoms with Crippen LogP contribution in [0.25, 0.3) is 0 Å². The van der Waals surface area contributed by atoms with Gasteiger partial charge in [0.25, 0.3) is 0 Å². The van der Waals surface area contributed by atoms with Gasteiger partial charge in [0.2, 0.25) is 0 Å². The zero-order chi connectivity index (χ0) is 11.6. The van der Waals surface area contributed by atoms with Crippen LogP contribution in [0, 0.1) is 0 Å². The SMILES string of the molecule is CCCOCCC(NCC)c1cncnc1. The molecule has 0 saturated heterocycles. The number of rotatable bonds is 8. The van der Waals surface area contributed by atoms with Crippen molar-refractivity contribution in [3.05, 3.63) is 24.3 Å². The molecule has 1 atom stereocenters. The van der Waals surface area contributed by atoms with Crippen LogP contribution in [0.4, 0.5) is 0 Å². The topological polar surface area (TPSA) is 47.0 Å². The van der Waals surface area contributed by atoms with Crippen molar-refractivity contribution in [3.8, 4) is 0 Å². The lowest BCUT2D eigenvalue weighted by atomic mass is 10.1. The number of hydrogen-bond acceptors (Lipinski definition) is 4. The molecule has 4 nitrogen and oxygen atoms in total. The fourth-order valence-corrected chi connectivity index (χ4v) is 1.57. The van der Waals surface area contributed by atoms with Gasteiger partial charge in [-0.3, -0.25) is 0 Å². The van der Waals surface area contributed by atoms with Crippen LogP contribution in [-0.4, -0.2) is 29.7 Å². The van der Waals surface area contributed by atoms with Crippen LogP contribution in [0.5, 0.6) is 0 Å². The van der Waals surface area contributed by atoms with Crippen LogP contribution < -0.4 is 5.32 Å². The van der Waals surface area contributed by atoms with Crippen LogP contribution in [-0.2, 0) is 4.74 Å². The van der Waals surface area contributed by atoms with Crippen LogP contribution in [0.3, 0.4) is 0 Å². The molecule has 1 unspecified atom stereocenters. The summed E-state index contributed by atoms with van der Waals surface area (Å²) in [4.78, 5) is 8.08. The molecule has 0 spiro atoms. The molecule has 0 radical (unpaired) electrons. The van der Waals surface area contributed by atoms with Crippen molar-refractivity contribution in [2.75, 3.05) is 19.8 Å². The maximum Gasteiger partial charge on any atom is 0.115 e. The fraction of sp³-hybridized carbons (Fsp3) is 0.667. The van der Waals surface area contributed by atoms with Gasteiger partial charge in [-0.2, -0.15) is 0 Å². The van der Waals surface area contributed by atoms with Gasteiger partial charge in [-0.15, -0.1) is 0 Å². The van der Waals surface area contributed by atoms with Gasteiger partial charge in [0.05, 0.1) is 0 Å². The Balaban J connectivity index is 2.41. The second-order valence-corrected chi connectivity index (χ2v) is 3.68. The maximum absolute atomic E-state index is 5.50. The Morgan fingerprint density at radius 1 is 1.25 bits per heavy atom. The highest BCUT2D eigenvalue weighted by molar-refractivity contribution is 5.08. The standard InChI is InChI=1S/C12H21N3O/c1-3-6-16-7-5-12(15-4-2)11-8-13-10-14-9-11/h8-10,12,15H,3-7H2,1-2H3. The second kappa shape index (κ2) is 8.19. The minimum absolute atomic E-state index is 0.294. The number of aromatic nitrogens is 2. The summed E-state index contributed by atoms with van der Waals surface area (Å²) in [6, 6.07) is 0.294. The third kappa shape index (κ3) is 4.68. The maximum atomic E-state index is 5.50. The third-order valence-electron chi connectivity index (χ3n) is 2.33. The highest BCUT2D eigenvalue weighted by Crippen LogP contribution is 2.14. The Morgan fingerprint density at radius 3 is 2.62 bits per heavy atom. The van der Waals surface area contributed by atoms with Crippen molar-refractivity contribution in [2.24, 2.45) is 0 Å². The highest BCUT2D eigenvalue weighted by Gasteiger charge is 2.10. The molecule has 0 amide bonds. The number of hydrogen-bond donors (Lipinski definition) is 1. The Bertz CT molecular complexity index is 266. The predicted molar refractivity (Wildman–Crippen MR) is 64.2 cm³/mol. The molecule has 0 aliphatic heterocycles. The van der Waals surface area contributed by atoms with Crippen molar-refractivity contribution in [1.29, 1.82) is 0 Å². The van der Waals surface area contributed by atoms with E-state index in [-0.39, 0.29) is 0 Å². The van der Waals surface area contributed by atoms with Crippen LogP contribution in [0.1, 0.15) is 38.3 Å². The molecule has 4 heteroatoms. The molecular weight excluding hydrogens is 202 g/mol. The summed E-state index contributed by atoms with van der Waals surface area (Å²) in [7, 11) is 0. The van der Waals surface area contributed by atoms with Gasteiger partial charge in [-0.05, 0) is 19.4 Å². The quantitative estimate of drug-likeness (QED) is 0.684. The first-order chi connectivity index (χ1) is 7.88. The van der Waals surface area contributed by atoms with E-state index < -0.39 is 0 Å². The van der Waals surface area contributed by atoms with Gasteiger partial charge < -0.3 is 10.1 Å². The summed E-state index contributed by atoms with van der Waals surface area (Å²) in [5, 5.41) is 3.42. The summed E-state index contributed by atoms with van der Waals surface area (Å²) in [5.74, 6) is 0. The fourth-order valence-electron chi connectivity index (χ4n) is 1.57. The molecule has 0 saturated carbocycles. The Labute approximate surface area is 97.5 Å². The normalized spacial score (nSPS) is 12.6. The molecule has 1 aromatic rings. The molecule has 16 heavy (non-hydrogen) atoms. The monoisotopic (exact) mass is 223 g/mol. The van der Waals surface area contributed by atoms with Gasteiger partial charge >= 0.3 is 0 Å². The van der Waals surface area contributed by atoms with Crippen molar-refractivity contribution in [2.45, 2.75) is 32.7 Å². The average molecular weight is 223 g/mol. The van der Waals surface area contributed by atoms with E-state index in [0.717, 1.165) is 38.2 Å². The highest BCUT2D eigenvalue weighted by atomic mass is 16.5. The molecule has 0 fully saturated rings. The summed E-state index contributed by atoms with van der Waals surface area (Å²) >= 11 is 0. The van der Waals surface area contributed by atoms with E-state index in [1.807, 2.05) is 12.4 Å². The van der Waals surface area contributed by atoms with Crippen molar-refractivity contribution < 1.29 is 4.74 Å². The Morgan fingerprint density at radius 2 is 2.00 bits per heavy atom. The molecule has 1 heterocycles. The Hall–Kier alpha value is -1.00. The van der Waals surface area contributed by atoms with E-state index in [0.29, 0.717) is 6.04 Å². The van der Waals surface area contributed by atoms with E-state index >= 15 is 0 Å². The zero-order valence-electron chi connectivity index (χ0n) is 10.1. The smallest absolute Gasteiger partial charge is 0.115 e. The molecule has 0 bridgehead atoms. The van der Waals surface area contributed by atoms with E-state index in [1.54, 1.807) is 6.33 Å². The molecular formula is C12H21N3O. The van der Waals surface area contributed by atoms with E-state index in [2.05, 4.69) is 29.1 Å². The molecule has 1 aromatic heterocycles. The first-order valence-electron chi connectivity index (χ1n) is 5.94. The number of ether oxygens (including phenoxy) is 1. The van der Waals surface area contributed by atoms with Gasteiger partial charge in [0.15, 0.2) is 0 Å². The van der Waals surface area contributed by atoms with Crippen LogP contribution >= 0.6 is 0 Å². The summed E-state index contributed by atoms with van der Waals surface area (Å²) in [6.07, 6.45) is 7.31. The number of nitrogens with one attached hydrogen (secondary N) is 1. The summed E-state index contributed by atoms with van der Waals surface area (Å²) in [5.41, 5.74) is 1.13. The summed E-state index contributed by atoms with van der Waals surface area (Å²) in [6.45, 7) is 6.77.